The molecule has 0 radical (unpaired) electrons. The largest absolute Gasteiger partial charge is 0.465 e. The number of nitrogens with zero attached hydrogens (tertiary/aromatic N) is 1. The summed E-state index contributed by atoms with van der Waals surface area (Å²) in [6.07, 6.45) is 0. The molecule has 216 valence electrons. The number of hydroxylamine groups is 1. The highest BCUT2D eigenvalue weighted by atomic mass is 16.7. The molecular weight excluding hydrogens is 538 g/mol. The molecule has 2 heterocycles. The van der Waals surface area contributed by atoms with Gasteiger partial charge in [0.2, 0.25) is 5.91 Å². The molecule has 0 saturated carbocycles. The van der Waals surface area contributed by atoms with Crippen LogP contribution >= 0.6 is 0 Å². The van der Waals surface area contributed by atoms with Crippen LogP contribution in [0.4, 0.5) is 11.4 Å². The molecule has 0 aliphatic carbocycles. The van der Waals surface area contributed by atoms with Gasteiger partial charge in [-0.15, -0.1) is 0 Å². The lowest BCUT2D eigenvalue weighted by atomic mass is 9.96. The highest BCUT2D eigenvalue weighted by Crippen LogP contribution is 2.39. The molecule has 1 saturated heterocycles. The third-order valence-electron chi connectivity index (χ3n) is 7.04. The molecule has 5 rings (SSSR count). The van der Waals surface area contributed by atoms with Crippen LogP contribution in [0.2, 0.25) is 0 Å². The minimum Gasteiger partial charge on any atom is -0.465 e. The molecule has 1 fully saturated rings. The number of carbonyl (C=O) groups is 4. The zero-order valence-corrected chi connectivity index (χ0v) is 23.3. The number of rotatable bonds is 9. The maximum atomic E-state index is 13.3. The van der Waals surface area contributed by atoms with Crippen molar-refractivity contribution in [1.29, 1.82) is 0 Å². The van der Waals surface area contributed by atoms with Crippen molar-refractivity contribution >= 4 is 46.3 Å². The molecule has 11 nitrogen and oxygen atoms in total. The first kappa shape index (κ1) is 28.5. The van der Waals surface area contributed by atoms with E-state index >= 15 is 0 Å². The summed E-state index contributed by atoms with van der Waals surface area (Å²) in [5.41, 5.74) is 7.51. The number of aryl methyl sites for hydroxylation is 1. The van der Waals surface area contributed by atoms with Gasteiger partial charge in [0.1, 0.15) is 0 Å². The zero-order chi connectivity index (χ0) is 29.6. The smallest absolute Gasteiger partial charge is 0.338 e. The first-order valence-corrected chi connectivity index (χ1v) is 13.5. The first-order chi connectivity index (χ1) is 20.3. The predicted octanol–water partition coefficient (Wildman–Crippen LogP) is 2.81. The van der Waals surface area contributed by atoms with Crippen molar-refractivity contribution in [2.24, 2.45) is 0 Å². The Morgan fingerprint density at radius 2 is 1.76 bits per heavy atom. The SMILES string of the molecule is COC(=O)c1cc2c(cc1C)/C(=C(/Nc1ccc(C(=O)NOCCN3CCNC(=O)C3)cc1)c1ccccc1)C(=O)N2. The summed E-state index contributed by atoms with van der Waals surface area (Å²) >= 11 is 0. The van der Waals surface area contributed by atoms with Gasteiger partial charge in [-0.2, -0.15) is 0 Å². The van der Waals surface area contributed by atoms with E-state index in [1.165, 1.54) is 7.11 Å². The number of hydrogen-bond donors (Lipinski definition) is 4. The second kappa shape index (κ2) is 12.7. The Morgan fingerprint density at radius 1 is 1.00 bits per heavy atom. The van der Waals surface area contributed by atoms with Gasteiger partial charge in [0.15, 0.2) is 0 Å². The predicted molar refractivity (Wildman–Crippen MR) is 157 cm³/mol. The fourth-order valence-corrected chi connectivity index (χ4v) is 4.87. The molecule has 2 aliphatic heterocycles. The van der Waals surface area contributed by atoms with E-state index in [0.717, 1.165) is 12.1 Å². The lowest BCUT2D eigenvalue weighted by molar-refractivity contribution is -0.124. The number of fused-ring (bicyclic) bond motifs is 1. The van der Waals surface area contributed by atoms with Crippen LogP contribution in [-0.2, 0) is 19.2 Å². The van der Waals surface area contributed by atoms with Gasteiger partial charge < -0.3 is 20.7 Å². The summed E-state index contributed by atoms with van der Waals surface area (Å²) in [4.78, 5) is 56.8. The number of hydrogen-bond acceptors (Lipinski definition) is 8. The van der Waals surface area contributed by atoms with E-state index in [0.29, 0.717) is 64.5 Å². The van der Waals surface area contributed by atoms with Gasteiger partial charge >= 0.3 is 5.97 Å². The number of ether oxygens (including phenoxy) is 1. The van der Waals surface area contributed by atoms with Crippen molar-refractivity contribution in [2.45, 2.75) is 6.92 Å². The fourth-order valence-electron chi connectivity index (χ4n) is 4.87. The van der Waals surface area contributed by atoms with Crippen LogP contribution in [0.15, 0.2) is 66.7 Å². The van der Waals surface area contributed by atoms with Gasteiger partial charge in [-0.25, -0.2) is 10.3 Å². The van der Waals surface area contributed by atoms with Crippen LogP contribution < -0.4 is 21.4 Å². The van der Waals surface area contributed by atoms with Gasteiger partial charge in [0.25, 0.3) is 11.8 Å². The Morgan fingerprint density at radius 3 is 2.48 bits per heavy atom. The van der Waals surface area contributed by atoms with Gasteiger partial charge in [0.05, 0.1) is 42.8 Å². The second-order valence-electron chi connectivity index (χ2n) is 9.88. The Kier molecular flexibility index (Phi) is 8.60. The number of nitrogens with one attached hydrogen (secondary N) is 4. The maximum absolute atomic E-state index is 13.3. The van der Waals surface area contributed by atoms with Crippen LogP contribution in [0.25, 0.3) is 11.3 Å². The van der Waals surface area contributed by atoms with E-state index < -0.39 is 11.9 Å². The van der Waals surface area contributed by atoms with Gasteiger partial charge in [-0.1, -0.05) is 30.3 Å². The number of methoxy groups -OCH3 is 1. The molecule has 2 aliphatic rings. The van der Waals surface area contributed by atoms with E-state index in [4.69, 9.17) is 9.57 Å². The lowest BCUT2D eigenvalue weighted by Crippen LogP contribution is -2.48. The molecule has 3 aromatic rings. The third kappa shape index (κ3) is 6.32. The van der Waals surface area contributed by atoms with Crippen LogP contribution in [0, 0.1) is 6.92 Å². The summed E-state index contributed by atoms with van der Waals surface area (Å²) in [5, 5.41) is 8.99. The molecule has 0 aromatic heterocycles. The number of amides is 3. The average molecular weight is 570 g/mol. The maximum Gasteiger partial charge on any atom is 0.338 e. The monoisotopic (exact) mass is 569 g/mol. The Bertz CT molecular complexity index is 1550. The highest BCUT2D eigenvalue weighted by Gasteiger charge is 2.30. The lowest BCUT2D eigenvalue weighted by Gasteiger charge is -2.25. The van der Waals surface area contributed by atoms with Gasteiger partial charge in [-0.05, 0) is 54.4 Å². The third-order valence-corrected chi connectivity index (χ3v) is 7.04. The Labute approximate surface area is 242 Å². The summed E-state index contributed by atoms with van der Waals surface area (Å²) in [7, 11) is 1.32. The Balaban J connectivity index is 1.33. The van der Waals surface area contributed by atoms with Crippen molar-refractivity contribution in [3.8, 4) is 0 Å². The van der Waals surface area contributed by atoms with E-state index in [1.54, 1.807) is 43.3 Å². The van der Waals surface area contributed by atoms with Crippen molar-refractivity contribution < 1.29 is 28.8 Å². The van der Waals surface area contributed by atoms with E-state index in [2.05, 4.69) is 21.4 Å². The minimum absolute atomic E-state index is 0.0226. The molecule has 0 spiro atoms. The molecule has 0 bridgehead atoms. The van der Waals surface area contributed by atoms with Crippen LogP contribution in [0.1, 0.15) is 37.4 Å². The van der Waals surface area contributed by atoms with Crippen LogP contribution in [-0.4, -0.2) is 68.5 Å². The van der Waals surface area contributed by atoms with E-state index in [9.17, 15) is 19.2 Å². The average Bonchev–Trinajstić information content (AvgIpc) is 3.32. The Hall–Kier alpha value is -5.00. The summed E-state index contributed by atoms with van der Waals surface area (Å²) in [5.74, 6) is -1.21. The topological polar surface area (TPSA) is 138 Å². The normalized spacial score (nSPS) is 15.8. The number of piperazine rings is 1. The van der Waals surface area contributed by atoms with Crippen LogP contribution in [0.3, 0.4) is 0 Å². The number of esters is 1. The molecule has 4 N–H and O–H groups in total. The highest BCUT2D eigenvalue weighted by molar-refractivity contribution is 6.37. The second-order valence-corrected chi connectivity index (χ2v) is 9.88. The van der Waals surface area contributed by atoms with Gasteiger partial charge in [0, 0.05) is 36.4 Å². The van der Waals surface area contributed by atoms with Gasteiger partial charge in [-0.3, -0.25) is 24.1 Å². The number of carbonyl (C=O) groups excluding carboxylic acids is 4. The molecule has 0 atom stereocenters. The quantitative estimate of drug-likeness (QED) is 0.134. The van der Waals surface area contributed by atoms with E-state index in [-0.39, 0.29) is 18.4 Å². The molecule has 0 unspecified atom stereocenters. The number of benzene rings is 3. The van der Waals surface area contributed by atoms with E-state index in [1.807, 2.05) is 35.2 Å². The number of anilines is 2. The summed E-state index contributed by atoms with van der Waals surface area (Å²) < 4.78 is 4.88. The van der Waals surface area contributed by atoms with Crippen molar-refractivity contribution in [1.82, 2.24) is 15.7 Å². The molecule has 3 amide bonds. The molecule has 11 heteroatoms. The first-order valence-electron chi connectivity index (χ1n) is 13.5. The zero-order valence-electron chi connectivity index (χ0n) is 23.3. The van der Waals surface area contributed by atoms with Crippen LogP contribution in [0.5, 0.6) is 0 Å². The fraction of sp³-hybridized carbons (Fsp3) is 0.226. The minimum atomic E-state index is -0.478. The van der Waals surface area contributed by atoms with Crippen molar-refractivity contribution in [2.75, 3.05) is 50.5 Å². The summed E-state index contributed by atoms with van der Waals surface area (Å²) in [6, 6.07) is 19.6. The summed E-state index contributed by atoms with van der Waals surface area (Å²) in [6.45, 7) is 4.21. The standard InChI is InChI=1S/C31H31N5O6/c1-19-16-24-25(17-23(19)31(40)41-2)34-30(39)27(24)28(20-6-4-3-5-7-20)33-22-10-8-21(9-11-22)29(38)35-42-15-14-36-13-12-32-26(37)18-36/h3-11,16-17,33H,12-15,18H2,1-2H3,(H,32,37)(H,34,39)(H,35,38)/b28-27-. The van der Waals surface area contributed by atoms with Crippen molar-refractivity contribution in [3.05, 3.63) is 94.5 Å². The molecular formula is C31H31N5O6. The van der Waals surface area contributed by atoms with Crippen molar-refractivity contribution in [3.63, 3.8) is 0 Å². The molecule has 42 heavy (non-hydrogen) atoms. The molecule has 3 aromatic carbocycles.